The predicted molar refractivity (Wildman–Crippen MR) is 94.0 cm³/mol. The van der Waals surface area contributed by atoms with Crippen LogP contribution in [0.3, 0.4) is 0 Å². The predicted octanol–water partition coefficient (Wildman–Crippen LogP) is 4.52. The third-order valence-corrected chi connectivity index (χ3v) is 5.39. The molecule has 0 bridgehead atoms. The number of aromatic nitrogens is 2. The Labute approximate surface area is 148 Å². The fraction of sp³-hybridized carbons (Fsp3) is 0.167. The summed E-state index contributed by atoms with van der Waals surface area (Å²) in [7, 11) is -5.40. The number of fused-ring (bicyclic) bond motifs is 1. The molecule has 0 atom stereocenters. The normalized spacial score (nSPS) is 12.9. The molecule has 1 aromatic heterocycles. The van der Waals surface area contributed by atoms with Crippen molar-refractivity contribution < 1.29 is 21.6 Å². The zero-order valence-electron chi connectivity index (χ0n) is 13.7. The number of hydrogen-bond donors (Lipinski definition) is 0. The van der Waals surface area contributed by atoms with E-state index in [4.69, 9.17) is 0 Å². The summed E-state index contributed by atoms with van der Waals surface area (Å²) in [6, 6.07) is 12.7. The second-order valence-electron chi connectivity index (χ2n) is 5.56. The Hall–Kier alpha value is -2.61. The number of halogens is 3. The van der Waals surface area contributed by atoms with Crippen LogP contribution in [0.5, 0.6) is 0 Å². The molecule has 0 fully saturated rings. The summed E-state index contributed by atoms with van der Waals surface area (Å²) in [6.07, 6.45) is 3.58. The SMILES string of the molecule is CCn1c(/C=C/c2ccccc2)nc2cc(S(=O)(=O)C(F)(F)F)ccc21. The summed E-state index contributed by atoms with van der Waals surface area (Å²) in [5, 5.41) is 0. The summed E-state index contributed by atoms with van der Waals surface area (Å²) in [5.74, 6) is 0.535. The first kappa shape index (κ1) is 18.2. The largest absolute Gasteiger partial charge is 0.501 e. The molecular formula is C18H15F3N2O2S. The molecular weight excluding hydrogens is 365 g/mol. The van der Waals surface area contributed by atoms with Crippen molar-refractivity contribution in [2.75, 3.05) is 0 Å². The minimum Gasteiger partial charge on any atom is -0.325 e. The molecule has 0 amide bonds. The standard InChI is InChI=1S/C18H15F3N2O2S/c1-2-23-16-10-9-14(26(24,25)18(19,20)21)12-15(16)22-17(23)11-8-13-6-4-3-5-7-13/h3-12H,2H2,1H3/b11-8+. The van der Waals surface area contributed by atoms with Gasteiger partial charge in [0.25, 0.3) is 9.84 Å². The van der Waals surface area contributed by atoms with Crippen molar-refractivity contribution in [1.82, 2.24) is 9.55 Å². The quantitative estimate of drug-likeness (QED) is 0.669. The van der Waals surface area contributed by atoms with Crippen molar-refractivity contribution in [3.05, 3.63) is 59.9 Å². The molecule has 0 radical (unpaired) electrons. The molecule has 0 aliphatic rings. The average molecular weight is 380 g/mol. The van der Waals surface area contributed by atoms with Gasteiger partial charge in [0.1, 0.15) is 5.82 Å². The van der Waals surface area contributed by atoms with Gasteiger partial charge in [-0.1, -0.05) is 36.4 Å². The molecule has 3 aromatic rings. The number of hydrogen-bond acceptors (Lipinski definition) is 3. The van der Waals surface area contributed by atoms with Gasteiger partial charge in [-0.15, -0.1) is 0 Å². The zero-order valence-corrected chi connectivity index (χ0v) is 14.6. The summed E-state index contributed by atoms with van der Waals surface area (Å²) >= 11 is 0. The first-order valence-corrected chi connectivity index (χ1v) is 9.27. The van der Waals surface area contributed by atoms with E-state index in [0.717, 1.165) is 17.7 Å². The van der Waals surface area contributed by atoms with E-state index in [2.05, 4.69) is 4.98 Å². The van der Waals surface area contributed by atoms with Crippen LogP contribution in [0, 0.1) is 0 Å². The Morgan fingerprint density at radius 3 is 2.38 bits per heavy atom. The second-order valence-corrected chi connectivity index (χ2v) is 7.50. The molecule has 0 N–H and O–H groups in total. The van der Waals surface area contributed by atoms with E-state index in [9.17, 15) is 21.6 Å². The minimum atomic E-state index is -5.40. The monoisotopic (exact) mass is 380 g/mol. The van der Waals surface area contributed by atoms with Gasteiger partial charge >= 0.3 is 5.51 Å². The van der Waals surface area contributed by atoms with E-state index in [1.54, 1.807) is 10.6 Å². The van der Waals surface area contributed by atoms with Gasteiger partial charge in [0.2, 0.25) is 0 Å². The summed E-state index contributed by atoms with van der Waals surface area (Å²) in [4.78, 5) is 3.49. The number of aryl methyl sites for hydroxylation is 1. The van der Waals surface area contributed by atoms with Crippen LogP contribution in [0.15, 0.2) is 53.4 Å². The van der Waals surface area contributed by atoms with Crippen molar-refractivity contribution in [3.63, 3.8) is 0 Å². The Morgan fingerprint density at radius 2 is 1.77 bits per heavy atom. The van der Waals surface area contributed by atoms with Crippen molar-refractivity contribution in [1.29, 1.82) is 0 Å². The molecule has 1 heterocycles. The molecule has 0 spiro atoms. The highest BCUT2D eigenvalue weighted by atomic mass is 32.2. The maximum Gasteiger partial charge on any atom is 0.501 e. The fourth-order valence-electron chi connectivity index (χ4n) is 2.62. The molecule has 0 saturated heterocycles. The molecule has 0 unspecified atom stereocenters. The van der Waals surface area contributed by atoms with Gasteiger partial charge in [-0.05, 0) is 36.8 Å². The van der Waals surface area contributed by atoms with Crippen molar-refractivity contribution in [2.24, 2.45) is 0 Å². The first-order valence-electron chi connectivity index (χ1n) is 7.79. The Balaban J connectivity index is 2.08. The van der Waals surface area contributed by atoms with E-state index in [-0.39, 0.29) is 5.52 Å². The Bertz CT molecular complexity index is 1070. The van der Waals surface area contributed by atoms with Crippen LogP contribution >= 0.6 is 0 Å². The second kappa shape index (κ2) is 6.60. The van der Waals surface area contributed by atoms with Crippen molar-refractivity contribution in [2.45, 2.75) is 23.9 Å². The third-order valence-electron chi connectivity index (χ3n) is 3.90. The van der Waals surface area contributed by atoms with E-state index < -0.39 is 20.2 Å². The van der Waals surface area contributed by atoms with Gasteiger partial charge in [-0.2, -0.15) is 13.2 Å². The van der Waals surface area contributed by atoms with Crippen LogP contribution in [0.4, 0.5) is 13.2 Å². The lowest BCUT2D eigenvalue weighted by Crippen LogP contribution is -2.23. The van der Waals surface area contributed by atoms with Crippen molar-refractivity contribution in [3.8, 4) is 0 Å². The lowest BCUT2D eigenvalue weighted by Gasteiger charge is -2.08. The summed E-state index contributed by atoms with van der Waals surface area (Å²) in [5.41, 5.74) is -3.63. The molecule has 0 aliphatic carbocycles. The number of imidazole rings is 1. The smallest absolute Gasteiger partial charge is 0.325 e. The van der Waals surface area contributed by atoms with E-state index in [0.29, 0.717) is 17.9 Å². The molecule has 26 heavy (non-hydrogen) atoms. The van der Waals surface area contributed by atoms with Crippen LogP contribution in [-0.4, -0.2) is 23.5 Å². The number of benzene rings is 2. The molecule has 2 aromatic carbocycles. The maximum absolute atomic E-state index is 12.8. The Morgan fingerprint density at radius 1 is 1.08 bits per heavy atom. The van der Waals surface area contributed by atoms with Crippen LogP contribution in [-0.2, 0) is 16.4 Å². The van der Waals surface area contributed by atoms with Gasteiger partial charge < -0.3 is 4.57 Å². The van der Waals surface area contributed by atoms with E-state index >= 15 is 0 Å². The summed E-state index contributed by atoms with van der Waals surface area (Å²) < 4.78 is 63.3. The molecule has 136 valence electrons. The molecule has 3 rings (SSSR count). The maximum atomic E-state index is 12.8. The third kappa shape index (κ3) is 3.24. The summed E-state index contributed by atoms with van der Waals surface area (Å²) in [6.45, 7) is 2.41. The van der Waals surface area contributed by atoms with Crippen LogP contribution in [0.2, 0.25) is 0 Å². The van der Waals surface area contributed by atoms with Gasteiger partial charge in [-0.3, -0.25) is 0 Å². The number of alkyl halides is 3. The molecule has 8 heteroatoms. The zero-order chi connectivity index (χ0) is 18.9. The van der Waals surface area contributed by atoms with Gasteiger partial charge in [0.05, 0.1) is 15.9 Å². The fourth-order valence-corrected chi connectivity index (χ4v) is 3.40. The van der Waals surface area contributed by atoms with E-state index in [1.165, 1.54) is 6.07 Å². The highest BCUT2D eigenvalue weighted by Crippen LogP contribution is 2.32. The molecule has 4 nitrogen and oxygen atoms in total. The van der Waals surface area contributed by atoms with Gasteiger partial charge in [0.15, 0.2) is 0 Å². The van der Waals surface area contributed by atoms with Crippen LogP contribution in [0.1, 0.15) is 18.3 Å². The number of sulfone groups is 1. The van der Waals surface area contributed by atoms with E-state index in [1.807, 2.05) is 43.3 Å². The van der Waals surface area contributed by atoms with Gasteiger partial charge in [0, 0.05) is 6.54 Å². The minimum absolute atomic E-state index is 0.199. The lowest BCUT2D eigenvalue weighted by molar-refractivity contribution is -0.0435. The molecule has 0 saturated carbocycles. The lowest BCUT2D eigenvalue weighted by atomic mass is 10.2. The number of rotatable bonds is 4. The highest BCUT2D eigenvalue weighted by Gasteiger charge is 2.47. The van der Waals surface area contributed by atoms with Crippen molar-refractivity contribution >= 4 is 33.0 Å². The average Bonchev–Trinajstić information content (AvgIpc) is 2.96. The molecule has 0 aliphatic heterocycles. The Kier molecular flexibility index (Phi) is 4.62. The topological polar surface area (TPSA) is 52.0 Å². The highest BCUT2D eigenvalue weighted by molar-refractivity contribution is 7.92. The van der Waals surface area contributed by atoms with Crippen LogP contribution < -0.4 is 0 Å². The first-order chi connectivity index (χ1) is 12.2. The van der Waals surface area contributed by atoms with Gasteiger partial charge in [-0.25, -0.2) is 13.4 Å². The number of nitrogens with zero attached hydrogens (tertiary/aromatic N) is 2. The van der Waals surface area contributed by atoms with Crippen LogP contribution in [0.25, 0.3) is 23.2 Å².